The lowest BCUT2D eigenvalue weighted by Crippen LogP contribution is -2.10. The highest BCUT2D eigenvalue weighted by molar-refractivity contribution is 9.10. The summed E-state index contributed by atoms with van der Waals surface area (Å²) in [5.74, 6) is 0.746. The standard InChI is InChI=1S/C11H15BrN2/c1-2-3-11(13)14-8-9-4-6-10(12)7-5-9/h4-7H,2-3,8H2,1H3,(H2,13,14). The van der Waals surface area contributed by atoms with Crippen LogP contribution in [0.25, 0.3) is 0 Å². The first-order valence-electron chi connectivity index (χ1n) is 4.75. The Hall–Kier alpha value is -0.830. The van der Waals surface area contributed by atoms with Gasteiger partial charge < -0.3 is 5.73 Å². The maximum Gasteiger partial charge on any atom is 0.0941 e. The van der Waals surface area contributed by atoms with Crippen LogP contribution >= 0.6 is 15.9 Å². The molecule has 0 aliphatic rings. The van der Waals surface area contributed by atoms with E-state index in [1.807, 2.05) is 24.3 Å². The first-order chi connectivity index (χ1) is 6.72. The van der Waals surface area contributed by atoms with Crippen molar-refractivity contribution >= 4 is 21.8 Å². The van der Waals surface area contributed by atoms with Crippen LogP contribution in [0.5, 0.6) is 0 Å². The molecular weight excluding hydrogens is 240 g/mol. The molecule has 0 amide bonds. The lowest BCUT2D eigenvalue weighted by molar-refractivity contribution is 0.954. The number of nitrogens with two attached hydrogens (primary N) is 1. The fraction of sp³-hybridized carbons (Fsp3) is 0.364. The van der Waals surface area contributed by atoms with E-state index in [9.17, 15) is 0 Å². The van der Waals surface area contributed by atoms with Crippen LogP contribution in [0.4, 0.5) is 0 Å². The minimum atomic E-state index is 0.680. The molecule has 0 atom stereocenters. The number of rotatable bonds is 4. The number of hydrogen-bond donors (Lipinski definition) is 1. The van der Waals surface area contributed by atoms with Gasteiger partial charge in [0.25, 0.3) is 0 Å². The summed E-state index contributed by atoms with van der Waals surface area (Å²) in [5.41, 5.74) is 6.89. The average molecular weight is 255 g/mol. The molecule has 0 aliphatic heterocycles. The first-order valence-corrected chi connectivity index (χ1v) is 5.55. The second-order valence-electron chi connectivity index (χ2n) is 3.18. The zero-order valence-electron chi connectivity index (χ0n) is 8.33. The molecule has 76 valence electrons. The van der Waals surface area contributed by atoms with Gasteiger partial charge in [0.05, 0.1) is 12.4 Å². The molecule has 0 spiro atoms. The monoisotopic (exact) mass is 254 g/mol. The normalized spacial score (nSPS) is 11.7. The molecule has 1 aromatic rings. The van der Waals surface area contributed by atoms with Crippen molar-refractivity contribution in [2.75, 3.05) is 0 Å². The quantitative estimate of drug-likeness (QED) is 0.651. The number of halogens is 1. The molecule has 0 radical (unpaired) electrons. The van der Waals surface area contributed by atoms with Gasteiger partial charge in [-0.2, -0.15) is 0 Å². The van der Waals surface area contributed by atoms with Gasteiger partial charge in [0.2, 0.25) is 0 Å². The third kappa shape index (κ3) is 3.92. The number of hydrogen-bond acceptors (Lipinski definition) is 1. The fourth-order valence-corrected chi connectivity index (χ4v) is 1.38. The summed E-state index contributed by atoms with van der Waals surface area (Å²) >= 11 is 3.39. The summed E-state index contributed by atoms with van der Waals surface area (Å²) in [4.78, 5) is 4.29. The predicted octanol–water partition coefficient (Wildman–Crippen LogP) is 3.11. The Morgan fingerprint density at radius 3 is 2.57 bits per heavy atom. The first kappa shape index (κ1) is 11.2. The van der Waals surface area contributed by atoms with Gasteiger partial charge in [0.1, 0.15) is 0 Å². The van der Waals surface area contributed by atoms with Gasteiger partial charge >= 0.3 is 0 Å². The van der Waals surface area contributed by atoms with E-state index >= 15 is 0 Å². The summed E-state index contributed by atoms with van der Waals surface area (Å²) in [6.07, 6.45) is 1.94. The largest absolute Gasteiger partial charge is 0.387 e. The third-order valence-electron chi connectivity index (χ3n) is 1.88. The Morgan fingerprint density at radius 1 is 1.36 bits per heavy atom. The Labute approximate surface area is 93.4 Å². The van der Waals surface area contributed by atoms with Crippen LogP contribution in [0.3, 0.4) is 0 Å². The molecule has 0 fully saturated rings. The third-order valence-corrected chi connectivity index (χ3v) is 2.41. The van der Waals surface area contributed by atoms with Crippen molar-refractivity contribution in [3.63, 3.8) is 0 Å². The molecule has 0 aliphatic carbocycles. The Morgan fingerprint density at radius 2 is 2.00 bits per heavy atom. The summed E-state index contributed by atoms with van der Waals surface area (Å²) in [6.45, 7) is 2.78. The minimum absolute atomic E-state index is 0.680. The van der Waals surface area contributed by atoms with Crippen LogP contribution < -0.4 is 5.73 Å². The van der Waals surface area contributed by atoms with Crippen LogP contribution in [0.2, 0.25) is 0 Å². The fourth-order valence-electron chi connectivity index (χ4n) is 1.12. The van der Waals surface area contributed by atoms with E-state index in [-0.39, 0.29) is 0 Å². The van der Waals surface area contributed by atoms with Crippen molar-refractivity contribution < 1.29 is 0 Å². The lowest BCUT2D eigenvalue weighted by Gasteiger charge is -1.99. The lowest BCUT2D eigenvalue weighted by atomic mass is 10.2. The highest BCUT2D eigenvalue weighted by atomic mass is 79.9. The average Bonchev–Trinajstić information content (AvgIpc) is 2.17. The molecule has 3 heteroatoms. The van der Waals surface area contributed by atoms with Gasteiger partial charge in [-0.25, -0.2) is 0 Å². The Balaban J connectivity index is 2.53. The zero-order chi connectivity index (χ0) is 10.4. The molecule has 0 bridgehead atoms. The van der Waals surface area contributed by atoms with Crippen molar-refractivity contribution in [3.8, 4) is 0 Å². The van der Waals surface area contributed by atoms with Gasteiger partial charge in [-0.1, -0.05) is 35.0 Å². The second kappa shape index (κ2) is 5.81. The van der Waals surface area contributed by atoms with Gasteiger partial charge in [-0.05, 0) is 24.1 Å². The summed E-state index contributed by atoms with van der Waals surface area (Å²) < 4.78 is 1.09. The number of amidine groups is 1. The van der Waals surface area contributed by atoms with Crippen molar-refractivity contribution in [1.29, 1.82) is 0 Å². The van der Waals surface area contributed by atoms with Crippen molar-refractivity contribution in [1.82, 2.24) is 0 Å². The molecule has 2 nitrogen and oxygen atoms in total. The van der Waals surface area contributed by atoms with Gasteiger partial charge in [0.15, 0.2) is 0 Å². The number of aliphatic imine (C=N–C) groups is 1. The van der Waals surface area contributed by atoms with Crippen LogP contribution in [-0.2, 0) is 6.54 Å². The van der Waals surface area contributed by atoms with E-state index in [2.05, 4.69) is 27.8 Å². The van der Waals surface area contributed by atoms with Gasteiger partial charge in [0, 0.05) is 10.9 Å². The molecule has 0 saturated heterocycles. The Bertz CT molecular complexity index is 304. The van der Waals surface area contributed by atoms with E-state index in [0.29, 0.717) is 6.54 Å². The minimum Gasteiger partial charge on any atom is -0.387 e. The molecule has 0 aromatic heterocycles. The summed E-state index contributed by atoms with van der Waals surface area (Å²) in [5, 5.41) is 0. The molecule has 0 unspecified atom stereocenters. The van der Waals surface area contributed by atoms with Crippen molar-refractivity contribution in [3.05, 3.63) is 34.3 Å². The molecular formula is C11H15BrN2. The van der Waals surface area contributed by atoms with E-state index < -0.39 is 0 Å². The predicted molar refractivity (Wildman–Crippen MR) is 64.4 cm³/mol. The van der Waals surface area contributed by atoms with Crippen LogP contribution in [0.1, 0.15) is 25.3 Å². The molecule has 0 heterocycles. The maximum atomic E-state index is 5.70. The topological polar surface area (TPSA) is 38.4 Å². The molecule has 1 aromatic carbocycles. The van der Waals surface area contributed by atoms with Crippen LogP contribution in [-0.4, -0.2) is 5.84 Å². The molecule has 0 saturated carbocycles. The zero-order valence-corrected chi connectivity index (χ0v) is 9.92. The van der Waals surface area contributed by atoms with E-state index in [1.165, 1.54) is 5.56 Å². The summed E-state index contributed by atoms with van der Waals surface area (Å²) in [7, 11) is 0. The van der Waals surface area contributed by atoms with E-state index in [1.54, 1.807) is 0 Å². The Kier molecular flexibility index (Phi) is 4.66. The van der Waals surface area contributed by atoms with Crippen LogP contribution in [0.15, 0.2) is 33.7 Å². The van der Waals surface area contributed by atoms with Crippen molar-refractivity contribution in [2.45, 2.75) is 26.3 Å². The SMILES string of the molecule is CCCC(N)=NCc1ccc(Br)cc1. The molecule has 2 N–H and O–H groups in total. The highest BCUT2D eigenvalue weighted by Crippen LogP contribution is 2.11. The van der Waals surface area contributed by atoms with E-state index in [0.717, 1.165) is 23.1 Å². The van der Waals surface area contributed by atoms with Crippen LogP contribution in [0, 0.1) is 0 Å². The molecule has 1 rings (SSSR count). The van der Waals surface area contributed by atoms with Gasteiger partial charge in [-0.15, -0.1) is 0 Å². The van der Waals surface area contributed by atoms with Gasteiger partial charge in [-0.3, -0.25) is 4.99 Å². The summed E-state index contributed by atoms with van der Waals surface area (Å²) in [6, 6.07) is 8.13. The smallest absolute Gasteiger partial charge is 0.0941 e. The number of benzene rings is 1. The second-order valence-corrected chi connectivity index (χ2v) is 4.10. The maximum absolute atomic E-state index is 5.70. The molecule has 14 heavy (non-hydrogen) atoms. The number of nitrogens with zero attached hydrogens (tertiary/aromatic N) is 1. The van der Waals surface area contributed by atoms with E-state index in [4.69, 9.17) is 5.73 Å². The van der Waals surface area contributed by atoms with Crippen molar-refractivity contribution in [2.24, 2.45) is 10.7 Å². The highest BCUT2D eigenvalue weighted by Gasteiger charge is 1.92.